The van der Waals surface area contributed by atoms with Crippen LogP contribution in [0.4, 0.5) is 0 Å². The number of nitrogens with zero attached hydrogens (tertiary/aromatic N) is 2. The minimum absolute atomic E-state index is 0.202. The summed E-state index contributed by atoms with van der Waals surface area (Å²) in [7, 11) is 1.37. The zero-order chi connectivity index (χ0) is 15.5. The Morgan fingerprint density at radius 3 is 3.05 bits per heavy atom. The number of methoxy groups -OCH3 is 1. The second-order valence-corrected chi connectivity index (χ2v) is 5.72. The Hall–Kier alpha value is -1.59. The lowest BCUT2D eigenvalue weighted by molar-refractivity contribution is 0.00627. The van der Waals surface area contributed by atoms with Gasteiger partial charge in [-0.2, -0.15) is 0 Å². The molecule has 1 aliphatic heterocycles. The second-order valence-electron chi connectivity index (χ2n) is 5.46. The van der Waals surface area contributed by atoms with Gasteiger partial charge in [0.2, 0.25) is 0 Å². The highest BCUT2D eigenvalue weighted by atomic mass is 35.5. The Kier molecular flexibility index (Phi) is 4.64. The van der Waals surface area contributed by atoms with E-state index in [1.54, 1.807) is 12.1 Å². The number of halogens is 1. The summed E-state index contributed by atoms with van der Waals surface area (Å²) in [6.45, 7) is 1.57. The number of fused-ring (bicyclic) bond motifs is 1. The molecule has 0 amide bonds. The van der Waals surface area contributed by atoms with E-state index >= 15 is 0 Å². The summed E-state index contributed by atoms with van der Waals surface area (Å²) in [4.78, 5) is 16.2. The number of rotatable bonds is 4. The average Bonchev–Trinajstić information content (AvgIpc) is 2.92. The van der Waals surface area contributed by atoms with Crippen molar-refractivity contribution in [3.8, 4) is 0 Å². The van der Waals surface area contributed by atoms with Crippen molar-refractivity contribution in [3.63, 3.8) is 0 Å². The summed E-state index contributed by atoms with van der Waals surface area (Å²) in [5.74, 6) is 0.766. The maximum absolute atomic E-state index is 11.6. The summed E-state index contributed by atoms with van der Waals surface area (Å²) in [5.41, 5.74) is 2.22. The van der Waals surface area contributed by atoms with Crippen molar-refractivity contribution in [1.82, 2.24) is 9.55 Å². The van der Waals surface area contributed by atoms with Gasteiger partial charge in [-0.15, -0.1) is 11.6 Å². The van der Waals surface area contributed by atoms with Crippen LogP contribution in [0.15, 0.2) is 18.2 Å². The van der Waals surface area contributed by atoms with Crippen LogP contribution in [0.25, 0.3) is 11.0 Å². The fraction of sp³-hybridized carbons (Fsp3) is 0.500. The van der Waals surface area contributed by atoms with Gasteiger partial charge in [0.25, 0.3) is 0 Å². The fourth-order valence-electron chi connectivity index (χ4n) is 2.89. The zero-order valence-electron chi connectivity index (χ0n) is 12.5. The summed E-state index contributed by atoms with van der Waals surface area (Å²) >= 11 is 6.04. The van der Waals surface area contributed by atoms with Crippen LogP contribution in [0.3, 0.4) is 0 Å². The van der Waals surface area contributed by atoms with Crippen LogP contribution in [0.1, 0.15) is 35.4 Å². The van der Waals surface area contributed by atoms with Crippen LogP contribution in [0.5, 0.6) is 0 Å². The fourth-order valence-corrected chi connectivity index (χ4v) is 3.09. The number of imidazole rings is 1. The molecule has 0 spiro atoms. The van der Waals surface area contributed by atoms with Crippen LogP contribution in [0, 0.1) is 0 Å². The predicted octanol–water partition coefficient (Wildman–Crippen LogP) is 3.13. The molecule has 3 rings (SSSR count). The molecule has 1 fully saturated rings. The molecule has 0 N–H and O–H groups in total. The first kappa shape index (κ1) is 15.3. The van der Waals surface area contributed by atoms with E-state index in [1.807, 2.05) is 6.07 Å². The molecule has 2 aromatic rings. The van der Waals surface area contributed by atoms with Gasteiger partial charge in [0.05, 0.1) is 42.2 Å². The first-order chi connectivity index (χ1) is 10.7. The van der Waals surface area contributed by atoms with E-state index in [1.165, 1.54) is 13.5 Å². The number of benzene rings is 1. The smallest absolute Gasteiger partial charge is 0.337 e. The SMILES string of the molecule is COC(=O)c1ccc2c(c1)nc(CCl)n2C[C@@H]1CCCCO1. The molecule has 22 heavy (non-hydrogen) atoms. The quantitative estimate of drug-likeness (QED) is 0.641. The summed E-state index contributed by atoms with van der Waals surface area (Å²) in [6, 6.07) is 5.40. The lowest BCUT2D eigenvalue weighted by Gasteiger charge is -2.23. The number of hydrogen-bond acceptors (Lipinski definition) is 4. The normalized spacial score (nSPS) is 18.5. The van der Waals surface area contributed by atoms with Gasteiger partial charge in [0.15, 0.2) is 0 Å². The third kappa shape index (κ3) is 2.96. The van der Waals surface area contributed by atoms with Crippen molar-refractivity contribution < 1.29 is 14.3 Å². The molecule has 1 aromatic carbocycles. The van der Waals surface area contributed by atoms with E-state index in [-0.39, 0.29) is 12.1 Å². The molecule has 1 aromatic heterocycles. The standard InChI is InChI=1S/C16H19ClN2O3/c1-21-16(20)11-5-6-14-13(8-11)18-15(9-17)19(14)10-12-4-2-3-7-22-12/h5-6,8,12H,2-4,7,9-10H2,1H3/t12-/m0/s1. The summed E-state index contributed by atoms with van der Waals surface area (Å²) in [6.07, 6.45) is 3.58. The number of alkyl halides is 1. The van der Waals surface area contributed by atoms with Crippen molar-refractivity contribution in [2.45, 2.75) is 37.8 Å². The van der Waals surface area contributed by atoms with Gasteiger partial charge < -0.3 is 14.0 Å². The van der Waals surface area contributed by atoms with E-state index in [0.717, 1.165) is 42.9 Å². The number of hydrogen-bond donors (Lipinski definition) is 0. The Morgan fingerprint density at radius 2 is 2.36 bits per heavy atom. The molecule has 2 heterocycles. The molecule has 0 aliphatic carbocycles. The highest BCUT2D eigenvalue weighted by molar-refractivity contribution is 6.16. The van der Waals surface area contributed by atoms with E-state index < -0.39 is 0 Å². The number of aromatic nitrogens is 2. The van der Waals surface area contributed by atoms with Gasteiger partial charge in [0, 0.05) is 6.61 Å². The van der Waals surface area contributed by atoms with Gasteiger partial charge in [-0.25, -0.2) is 9.78 Å². The summed E-state index contributed by atoms with van der Waals surface area (Å²) < 4.78 is 12.7. The average molecular weight is 323 g/mol. The minimum atomic E-state index is -0.362. The zero-order valence-corrected chi connectivity index (χ0v) is 13.3. The van der Waals surface area contributed by atoms with Crippen LogP contribution >= 0.6 is 11.6 Å². The Labute approximate surface area is 134 Å². The number of carbonyl (C=O) groups excluding carboxylic acids is 1. The minimum Gasteiger partial charge on any atom is -0.465 e. The molecule has 0 unspecified atom stereocenters. The van der Waals surface area contributed by atoms with E-state index in [4.69, 9.17) is 21.1 Å². The molecule has 1 saturated heterocycles. The van der Waals surface area contributed by atoms with Gasteiger partial charge in [-0.05, 0) is 37.5 Å². The van der Waals surface area contributed by atoms with Crippen LogP contribution < -0.4 is 0 Å². The number of esters is 1. The Morgan fingerprint density at radius 1 is 1.50 bits per heavy atom. The molecule has 1 atom stereocenters. The van der Waals surface area contributed by atoms with Crippen LogP contribution in [-0.4, -0.2) is 35.3 Å². The largest absolute Gasteiger partial charge is 0.465 e. The molecule has 1 aliphatic rings. The number of ether oxygens (including phenoxy) is 2. The molecular weight excluding hydrogens is 304 g/mol. The van der Waals surface area contributed by atoms with Gasteiger partial charge in [-0.3, -0.25) is 0 Å². The van der Waals surface area contributed by atoms with E-state index in [0.29, 0.717) is 11.4 Å². The second kappa shape index (κ2) is 6.67. The van der Waals surface area contributed by atoms with Crippen molar-refractivity contribution >= 4 is 28.6 Å². The topological polar surface area (TPSA) is 53.3 Å². The number of carbonyl (C=O) groups is 1. The molecule has 118 valence electrons. The van der Waals surface area contributed by atoms with Crippen LogP contribution in [0.2, 0.25) is 0 Å². The lowest BCUT2D eigenvalue weighted by Crippen LogP contribution is -2.25. The highest BCUT2D eigenvalue weighted by Gasteiger charge is 2.19. The third-order valence-electron chi connectivity index (χ3n) is 4.03. The first-order valence-corrected chi connectivity index (χ1v) is 8.01. The first-order valence-electron chi connectivity index (χ1n) is 7.48. The monoisotopic (exact) mass is 322 g/mol. The molecule has 0 bridgehead atoms. The van der Waals surface area contributed by atoms with Gasteiger partial charge in [-0.1, -0.05) is 0 Å². The lowest BCUT2D eigenvalue weighted by atomic mass is 10.1. The van der Waals surface area contributed by atoms with Crippen LogP contribution in [-0.2, 0) is 21.9 Å². The van der Waals surface area contributed by atoms with Crippen molar-refractivity contribution in [2.75, 3.05) is 13.7 Å². The van der Waals surface area contributed by atoms with E-state index in [2.05, 4.69) is 9.55 Å². The molecular formula is C16H19ClN2O3. The Bertz CT molecular complexity index is 677. The Balaban J connectivity index is 1.95. The molecule has 0 radical (unpaired) electrons. The molecule has 6 heteroatoms. The van der Waals surface area contributed by atoms with E-state index in [9.17, 15) is 4.79 Å². The van der Waals surface area contributed by atoms with Gasteiger partial charge in [0.1, 0.15) is 5.82 Å². The maximum Gasteiger partial charge on any atom is 0.337 e. The van der Waals surface area contributed by atoms with Crippen molar-refractivity contribution in [3.05, 3.63) is 29.6 Å². The summed E-state index contributed by atoms with van der Waals surface area (Å²) in [5, 5.41) is 0. The maximum atomic E-state index is 11.6. The molecule has 0 saturated carbocycles. The predicted molar refractivity (Wildman–Crippen MR) is 84.2 cm³/mol. The van der Waals surface area contributed by atoms with Gasteiger partial charge >= 0.3 is 5.97 Å². The third-order valence-corrected chi connectivity index (χ3v) is 4.27. The van der Waals surface area contributed by atoms with Crippen molar-refractivity contribution in [1.29, 1.82) is 0 Å². The van der Waals surface area contributed by atoms with Crippen molar-refractivity contribution in [2.24, 2.45) is 0 Å². The molecule has 5 nitrogen and oxygen atoms in total. The highest BCUT2D eigenvalue weighted by Crippen LogP contribution is 2.23.